The standard InChI is InChI=1S/C24H34N4O2/c29-24(19-6-7-19)28(12-11-26-13-15-30-16-14-26)21-4-2-10-27(18-21)17-20-3-1-5-23-22(20)8-9-25-23/h1,3,5,8-9,19,21,25H,2,4,6-7,10-18H2. The summed E-state index contributed by atoms with van der Waals surface area (Å²) < 4.78 is 5.48. The molecule has 2 aromatic rings. The second kappa shape index (κ2) is 9.08. The minimum Gasteiger partial charge on any atom is -0.379 e. The molecule has 0 radical (unpaired) electrons. The fourth-order valence-electron chi connectivity index (χ4n) is 5.07. The fourth-order valence-corrected chi connectivity index (χ4v) is 5.07. The molecule has 1 aromatic heterocycles. The lowest BCUT2D eigenvalue weighted by Crippen LogP contribution is -2.53. The van der Waals surface area contributed by atoms with Gasteiger partial charge in [-0.1, -0.05) is 12.1 Å². The molecule has 1 saturated carbocycles. The zero-order chi connectivity index (χ0) is 20.3. The van der Waals surface area contributed by atoms with Crippen LogP contribution in [-0.4, -0.2) is 84.1 Å². The lowest BCUT2D eigenvalue weighted by atomic mass is 10.0. The molecular formula is C24H34N4O2. The fraction of sp³-hybridized carbons (Fsp3) is 0.625. The maximum absolute atomic E-state index is 13.1. The van der Waals surface area contributed by atoms with Crippen molar-refractivity contribution < 1.29 is 9.53 Å². The molecule has 1 aliphatic carbocycles. The van der Waals surface area contributed by atoms with Crippen molar-refractivity contribution in [3.05, 3.63) is 36.0 Å². The number of nitrogens with one attached hydrogen (secondary N) is 1. The SMILES string of the molecule is O=C(C1CC1)N(CCN1CCOCC1)C1CCCN(Cc2cccc3[nH]ccc23)C1. The number of ether oxygens (including phenoxy) is 1. The topological polar surface area (TPSA) is 51.8 Å². The van der Waals surface area contributed by atoms with Gasteiger partial charge in [-0.15, -0.1) is 0 Å². The highest BCUT2D eigenvalue weighted by Crippen LogP contribution is 2.33. The van der Waals surface area contributed by atoms with Gasteiger partial charge in [0.05, 0.1) is 13.2 Å². The number of nitrogens with zero attached hydrogens (tertiary/aromatic N) is 3. The molecule has 162 valence electrons. The van der Waals surface area contributed by atoms with E-state index in [9.17, 15) is 4.79 Å². The van der Waals surface area contributed by atoms with Crippen LogP contribution in [0.3, 0.4) is 0 Å². The summed E-state index contributed by atoms with van der Waals surface area (Å²) in [5.41, 5.74) is 2.58. The molecule has 1 atom stereocenters. The minimum absolute atomic E-state index is 0.290. The summed E-state index contributed by atoms with van der Waals surface area (Å²) in [6.07, 6.45) is 6.48. The smallest absolute Gasteiger partial charge is 0.226 e. The van der Waals surface area contributed by atoms with Gasteiger partial charge in [0.1, 0.15) is 0 Å². The summed E-state index contributed by atoms with van der Waals surface area (Å²) in [7, 11) is 0. The van der Waals surface area contributed by atoms with Crippen LogP contribution in [0.5, 0.6) is 0 Å². The molecule has 2 saturated heterocycles. The van der Waals surface area contributed by atoms with E-state index >= 15 is 0 Å². The van der Waals surface area contributed by atoms with Crippen molar-refractivity contribution in [2.75, 3.05) is 52.5 Å². The van der Waals surface area contributed by atoms with E-state index in [2.05, 4.69) is 43.9 Å². The summed E-state index contributed by atoms with van der Waals surface area (Å²) in [6, 6.07) is 9.04. The Morgan fingerprint density at radius 1 is 1.10 bits per heavy atom. The van der Waals surface area contributed by atoms with Crippen LogP contribution < -0.4 is 0 Å². The van der Waals surface area contributed by atoms with Crippen molar-refractivity contribution in [2.24, 2.45) is 5.92 Å². The number of benzene rings is 1. The number of piperidine rings is 1. The Kier molecular flexibility index (Phi) is 6.07. The molecular weight excluding hydrogens is 376 g/mol. The highest BCUT2D eigenvalue weighted by atomic mass is 16.5. The number of hydrogen-bond donors (Lipinski definition) is 1. The van der Waals surface area contributed by atoms with E-state index in [1.165, 1.54) is 22.9 Å². The number of aromatic nitrogens is 1. The Morgan fingerprint density at radius 2 is 1.97 bits per heavy atom. The summed E-state index contributed by atoms with van der Waals surface area (Å²) in [6.45, 7) is 8.51. The van der Waals surface area contributed by atoms with Crippen molar-refractivity contribution >= 4 is 16.8 Å². The predicted octanol–water partition coefficient (Wildman–Crippen LogP) is 2.70. The molecule has 1 aromatic carbocycles. The van der Waals surface area contributed by atoms with Gasteiger partial charge in [0.25, 0.3) is 0 Å². The van der Waals surface area contributed by atoms with Crippen molar-refractivity contribution in [1.29, 1.82) is 0 Å². The minimum atomic E-state index is 0.290. The van der Waals surface area contributed by atoms with Crippen molar-refractivity contribution in [3.8, 4) is 0 Å². The third-order valence-electron chi connectivity index (χ3n) is 6.97. The number of likely N-dealkylation sites (tertiary alicyclic amines) is 1. The third-order valence-corrected chi connectivity index (χ3v) is 6.97. The molecule has 0 spiro atoms. The molecule has 3 aliphatic rings. The number of amides is 1. The zero-order valence-corrected chi connectivity index (χ0v) is 17.9. The first-order valence-electron chi connectivity index (χ1n) is 11.7. The molecule has 0 bridgehead atoms. The highest BCUT2D eigenvalue weighted by Gasteiger charge is 2.37. The number of H-pyrrole nitrogens is 1. The Bertz CT molecular complexity index is 856. The highest BCUT2D eigenvalue weighted by molar-refractivity contribution is 5.83. The van der Waals surface area contributed by atoms with Crippen LogP contribution in [0.4, 0.5) is 0 Å². The van der Waals surface area contributed by atoms with Gasteiger partial charge in [-0.3, -0.25) is 14.6 Å². The summed E-state index contributed by atoms with van der Waals surface area (Å²) in [4.78, 5) is 23.7. The molecule has 6 heteroatoms. The van der Waals surface area contributed by atoms with Gasteiger partial charge >= 0.3 is 0 Å². The molecule has 1 N–H and O–H groups in total. The van der Waals surface area contributed by atoms with Gasteiger partial charge in [-0.25, -0.2) is 0 Å². The quantitative estimate of drug-likeness (QED) is 0.763. The number of fused-ring (bicyclic) bond motifs is 1. The van der Waals surface area contributed by atoms with Crippen LogP contribution in [0.1, 0.15) is 31.2 Å². The zero-order valence-electron chi connectivity index (χ0n) is 17.9. The van der Waals surface area contributed by atoms with Crippen molar-refractivity contribution in [1.82, 2.24) is 19.7 Å². The first-order valence-corrected chi connectivity index (χ1v) is 11.7. The van der Waals surface area contributed by atoms with Crippen LogP contribution in [0.15, 0.2) is 30.5 Å². The Balaban J connectivity index is 1.25. The van der Waals surface area contributed by atoms with E-state index in [1.807, 2.05) is 6.20 Å². The lowest BCUT2D eigenvalue weighted by molar-refractivity contribution is -0.136. The van der Waals surface area contributed by atoms with E-state index in [-0.39, 0.29) is 0 Å². The lowest BCUT2D eigenvalue weighted by Gasteiger charge is -2.40. The van der Waals surface area contributed by atoms with Gasteiger partial charge < -0.3 is 14.6 Å². The number of rotatable bonds is 7. The molecule has 3 fully saturated rings. The van der Waals surface area contributed by atoms with E-state index < -0.39 is 0 Å². The average molecular weight is 411 g/mol. The van der Waals surface area contributed by atoms with Crippen molar-refractivity contribution in [3.63, 3.8) is 0 Å². The average Bonchev–Trinajstić information content (AvgIpc) is 3.52. The monoisotopic (exact) mass is 410 g/mol. The maximum Gasteiger partial charge on any atom is 0.226 e. The maximum atomic E-state index is 13.1. The third kappa shape index (κ3) is 4.56. The molecule has 1 amide bonds. The molecule has 2 aliphatic heterocycles. The Hall–Kier alpha value is -1.89. The van der Waals surface area contributed by atoms with E-state index in [4.69, 9.17) is 4.74 Å². The van der Waals surface area contributed by atoms with Crippen LogP contribution >= 0.6 is 0 Å². The number of carbonyl (C=O) groups is 1. The van der Waals surface area contributed by atoms with Crippen LogP contribution in [0.25, 0.3) is 10.9 Å². The van der Waals surface area contributed by atoms with Crippen molar-refractivity contribution in [2.45, 2.75) is 38.3 Å². The van der Waals surface area contributed by atoms with E-state index in [0.29, 0.717) is 17.9 Å². The number of hydrogen-bond acceptors (Lipinski definition) is 4. The second-order valence-corrected chi connectivity index (χ2v) is 9.15. The molecule has 30 heavy (non-hydrogen) atoms. The van der Waals surface area contributed by atoms with E-state index in [1.54, 1.807) is 0 Å². The normalized spacial score (nSPS) is 23.7. The molecule has 6 nitrogen and oxygen atoms in total. The molecule has 3 heterocycles. The van der Waals surface area contributed by atoms with Gasteiger partial charge in [-0.05, 0) is 49.9 Å². The molecule has 5 rings (SSSR count). The predicted molar refractivity (Wildman–Crippen MR) is 118 cm³/mol. The first kappa shape index (κ1) is 20.0. The summed E-state index contributed by atoms with van der Waals surface area (Å²) >= 11 is 0. The van der Waals surface area contributed by atoms with Crippen LogP contribution in [-0.2, 0) is 16.1 Å². The largest absolute Gasteiger partial charge is 0.379 e. The summed E-state index contributed by atoms with van der Waals surface area (Å²) in [5, 5.41) is 1.32. The van der Waals surface area contributed by atoms with Gasteiger partial charge in [0, 0.05) is 68.3 Å². The van der Waals surface area contributed by atoms with Gasteiger partial charge in [0.15, 0.2) is 0 Å². The number of aromatic amines is 1. The van der Waals surface area contributed by atoms with Gasteiger partial charge in [0.2, 0.25) is 5.91 Å². The first-order chi connectivity index (χ1) is 14.8. The molecule has 1 unspecified atom stereocenters. The van der Waals surface area contributed by atoms with Crippen LogP contribution in [0.2, 0.25) is 0 Å². The van der Waals surface area contributed by atoms with Crippen LogP contribution in [0, 0.1) is 5.92 Å². The Labute approximate surface area is 179 Å². The number of carbonyl (C=O) groups excluding carboxylic acids is 1. The summed E-state index contributed by atoms with van der Waals surface area (Å²) in [5.74, 6) is 0.696. The Morgan fingerprint density at radius 3 is 2.80 bits per heavy atom. The number of morpholine rings is 1. The second-order valence-electron chi connectivity index (χ2n) is 9.15. The van der Waals surface area contributed by atoms with E-state index in [0.717, 1.165) is 78.3 Å². The van der Waals surface area contributed by atoms with Gasteiger partial charge in [-0.2, -0.15) is 0 Å².